The second-order valence-electron chi connectivity index (χ2n) is 6.62. The van der Waals surface area contributed by atoms with E-state index in [0.717, 1.165) is 37.6 Å². The van der Waals surface area contributed by atoms with Gasteiger partial charge in [0.15, 0.2) is 5.82 Å². The molecule has 0 bridgehead atoms. The molecule has 1 fully saturated rings. The fraction of sp³-hybridized carbons (Fsp3) is 0.400. The average Bonchev–Trinajstić information content (AvgIpc) is 3.33. The molecule has 1 N–H and O–H groups in total. The van der Waals surface area contributed by atoms with Crippen LogP contribution in [-0.4, -0.2) is 23.4 Å². The number of nitrogens with one attached hydrogen (secondary N) is 1. The largest absolute Gasteiger partial charge is 0.429 e. The van der Waals surface area contributed by atoms with Gasteiger partial charge in [-0.3, -0.25) is 5.32 Å². The van der Waals surface area contributed by atoms with Crippen molar-refractivity contribution in [3.05, 3.63) is 59.9 Å². The first kappa shape index (κ1) is 17.8. The van der Waals surface area contributed by atoms with Crippen LogP contribution in [-0.2, 0) is 11.3 Å². The predicted molar refractivity (Wildman–Crippen MR) is 97.4 cm³/mol. The first-order valence-electron chi connectivity index (χ1n) is 9.21. The van der Waals surface area contributed by atoms with Crippen LogP contribution < -0.4 is 10.1 Å². The Hall–Kier alpha value is -2.64. The van der Waals surface area contributed by atoms with Crippen LogP contribution >= 0.6 is 0 Å². The van der Waals surface area contributed by atoms with Gasteiger partial charge in [0.25, 0.3) is 5.95 Å². The number of aryl methyl sites for hydroxylation is 1. The van der Waals surface area contributed by atoms with Crippen molar-refractivity contribution >= 4 is 0 Å². The number of benzene rings is 1. The number of furan rings is 1. The van der Waals surface area contributed by atoms with Gasteiger partial charge < -0.3 is 18.4 Å². The van der Waals surface area contributed by atoms with E-state index < -0.39 is 0 Å². The first-order chi connectivity index (χ1) is 13.3. The summed E-state index contributed by atoms with van der Waals surface area (Å²) in [5.41, 5.74) is 0. The molecule has 1 aromatic carbocycles. The molecule has 1 atom stereocenters. The molecule has 1 saturated heterocycles. The quantitative estimate of drug-likeness (QED) is 0.673. The zero-order valence-electron chi connectivity index (χ0n) is 15.3. The second kappa shape index (κ2) is 8.37. The number of para-hydroxylation sites is 1. The van der Waals surface area contributed by atoms with Crippen LogP contribution in [0, 0.1) is 12.8 Å². The van der Waals surface area contributed by atoms with Crippen molar-refractivity contribution in [3.8, 4) is 11.7 Å². The SMILES string of the molecule is Cc1noc([C@@H](NCc2ccc(Oc3ccccc3)o2)C2CCOCC2)n1. The summed E-state index contributed by atoms with van der Waals surface area (Å²) in [7, 11) is 0. The minimum absolute atomic E-state index is 0.0290. The van der Waals surface area contributed by atoms with Gasteiger partial charge in [0.2, 0.25) is 5.89 Å². The van der Waals surface area contributed by atoms with Crippen LogP contribution in [0.25, 0.3) is 0 Å². The normalized spacial score (nSPS) is 16.3. The van der Waals surface area contributed by atoms with Gasteiger partial charge >= 0.3 is 0 Å². The van der Waals surface area contributed by atoms with E-state index in [4.69, 9.17) is 18.4 Å². The van der Waals surface area contributed by atoms with Crippen LogP contribution in [0.3, 0.4) is 0 Å². The predicted octanol–water partition coefficient (Wildman–Crippen LogP) is 4.02. The molecular formula is C20H23N3O4. The number of hydrogen-bond acceptors (Lipinski definition) is 7. The first-order valence-corrected chi connectivity index (χ1v) is 9.21. The van der Waals surface area contributed by atoms with Crippen molar-refractivity contribution in [3.63, 3.8) is 0 Å². The molecule has 3 aromatic rings. The van der Waals surface area contributed by atoms with Gasteiger partial charge in [0.1, 0.15) is 11.5 Å². The number of hydrogen-bond donors (Lipinski definition) is 1. The number of aromatic nitrogens is 2. The van der Waals surface area contributed by atoms with E-state index >= 15 is 0 Å². The summed E-state index contributed by atoms with van der Waals surface area (Å²) in [5, 5.41) is 7.45. The maximum absolute atomic E-state index is 5.79. The minimum atomic E-state index is -0.0290. The van der Waals surface area contributed by atoms with Crippen LogP contribution in [0.15, 0.2) is 51.4 Å². The molecule has 142 valence electrons. The molecule has 27 heavy (non-hydrogen) atoms. The fourth-order valence-electron chi connectivity index (χ4n) is 3.27. The van der Waals surface area contributed by atoms with Crippen LogP contribution in [0.4, 0.5) is 0 Å². The Kier molecular flexibility index (Phi) is 5.50. The third kappa shape index (κ3) is 4.56. The third-order valence-electron chi connectivity index (χ3n) is 4.64. The lowest BCUT2D eigenvalue weighted by Gasteiger charge is -2.28. The lowest BCUT2D eigenvalue weighted by molar-refractivity contribution is 0.0482. The topological polar surface area (TPSA) is 82.6 Å². The summed E-state index contributed by atoms with van der Waals surface area (Å²) in [4.78, 5) is 4.42. The summed E-state index contributed by atoms with van der Waals surface area (Å²) in [6, 6.07) is 13.3. The minimum Gasteiger partial charge on any atom is -0.429 e. The summed E-state index contributed by atoms with van der Waals surface area (Å²) in [6.45, 7) is 3.88. The lowest BCUT2D eigenvalue weighted by Crippen LogP contribution is -2.32. The van der Waals surface area contributed by atoms with Crippen molar-refractivity contribution < 1.29 is 18.4 Å². The molecule has 4 rings (SSSR count). The van der Waals surface area contributed by atoms with Gasteiger partial charge in [-0.1, -0.05) is 23.4 Å². The molecular weight excluding hydrogens is 346 g/mol. The van der Waals surface area contributed by atoms with Crippen molar-refractivity contribution in [2.24, 2.45) is 5.92 Å². The van der Waals surface area contributed by atoms with Crippen molar-refractivity contribution in [1.82, 2.24) is 15.5 Å². The number of nitrogens with zero attached hydrogens (tertiary/aromatic N) is 2. The molecule has 0 spiro atoms. The molecule has 0 saturated carbocycles. The molecule has 0 amide bonds. The van der Waals surface area contributed by atoms with Gasteiger partial charge in [-0.25, -0.2) is 0 Å². The Morgan fingerprint density at radius 3 is 2.70 bits per heavy atom. The molecule has 0 radical (unpaired) electrons. The average molecular weight is 369 g/mol. The molecule has 3 heterocycles. The highest BCUT2D eigenvalue weighted by atomic mass is 16.6. The Labute approximate surface area is 157 Å². The second-order valence-corrected chi connectivity index (χ2v) is 6.62. The summed E-state index contributed by atoms with van der Waals surface area (Å²) in [5.74, 6) is 3.64. The smallest absolute Gasteiger partial charge is 0.290 e. The van der Waals surface area contributed by atoms with Crippen LogP contribution in [0.1, 0.15) is 36.4 Å². The monoisotopic (exact) mass is 369 g/mol. The Balaban J connectivity index is 1.41. The van der Waals surface area contributed by atoms with Gasteiger partial charge in [0.05, 0.1) is 12.6 Å². The van der Waals surface area contributed by atoms with Gasteiger partial charge in [-0.15, -0.1) is 0 Å². The Bertz CT molecular complexity index is 840. The van der Waals surface area contributed by atoms with E-state index in [9.17, 15) is 0 Å². The van der Waals surface area contributed by atoms with E-state index in [0.29, 0.717) is 30.1 Å². The highest BCUT2D eigenvalue weighted by molar-refractivity contribution is 5.26. The van der Waals surface area contributed by atoms with E-state index in [-0.39, 0.29) is 6.04 Å². The number of rotatable bonds is 7. The van der Waals surface area contributed by atoms with E-state index in [2.05, 4.69) is 15.5 Å². The number of ether oxygens (including phenoxy) is 2. The van der Waals surface area contributed by atoms with Gasteiger partial charge in [0, 0.05) is 19.3 Å². The summed E-state index contributed by atoms with van der Waals surface area (Å²) >= 11 is 0. The van der Waals surface area contributed by atoms with E-state index in [1.807, 2.05) is 49.4 Å². The van der Waals surface area contributed by atoms with E-state index in [1.54, 1.807) is 0 Å². The maximum Gasteiger partial charge on any atom is 0.290 e. The molecule has 1 aliphatic rings. The molecule has 2 aromatic heterocycles. The standard InChI is InChI=1S/C20H23N3O4/c1-14-22-20(27-23-14)19(15-9-11-24-12-10-15)21-13-17-7-8-18(26-17)25-16-5-3-2-4-6-16/h2-8,15,19,21H,9-13H2,1H3/t19-/m0/s1. The van der Waals surface area contributed by atoms with Crippen molar-refractivity contribution in [2.45, 2.75) is 32.4 Å². The van der Waals surface area contributed by atoms with Crippen LogP contribution in [0.5, 0.6) is 11.7 Å². The zero-order chi connectivity index (χ0) is 18.5. The summed E-state index contributed by atoms with van der Waals surface area (Å²) < 4.78 is 22.4. The van der Waals surface area contributed by atoms with E-state index in [1.165, 1.54) is 0 Å². The molecule has 1 aliphatic heterocycles. The van der Waals surface area contributed by atoms with Crippen molar-refractivity contribution in [2.75, 3.05) is 13.2 Å². The highest BCUT2D eigenvalue weighted by Crippen LogP contribution is 2.30. The Morgan fingerprint density at radius 1 is 1.15 bits per heavy atom. The van der Waals surface area contributed by atoms with Gasteiger partial charge in [-0.2, -0.15) is 4.98 Å². The fourth-order valence-corrected chi connectivity index (χ4v) is 3.27. The van der Waals surface area contributed by atoms with Crippen molar-refractivity contribution in [1.29, 1.82) is 0 Å². The third-order valence-corrected chi connectivity index (χ3v) is 4.64. The zero-order valence-corrected chi connectivity index (χ0v) is 15.3. The molecule has 0 unspecified atom stereocenters. The lowest BCUT2D eigenvalue weighted by atomic mass is 9.91. The molecule has 7 nitrogen and oxygen atoms in total. The van der Waals surface area contributed by atoms with Crippen LogP contribution in [0.2, 0.25) is 0 Å². The highest BCUT2D eigenvalue weighted by Gasteiger charge is 2.29. The Morgan fingerprint density at radius 2 is 1.96 bits per heavy atom. The summed E-state index contributed by atoms with van der Waals surface area (Å²) in [6.07, 6.45) is 1.92. The van der Waals surface area contributed by atoms with Gasteiger partial charge in [-0.05, 0) is 43.9 Å². The maximum atomic E-state index is 5.79. The molecule has 7 heteroatoms. The molecule has 0 aliphatic carbocycles.